The average molecular weight is 250 g/mol. The molecule has 2 rings (SSSR count). The zero-order valence-electron chi connectivity index (χ0n) is 10.3. The van der Waals surface area contributed by atoms with E-state index in [9.17, 15) is 10.0 Å². The van der Waals surface area contributed by atoms with E-state index in [0.29, 0.717) is 10.5 Å². The number of amides is 2. The maximum absolute atomic E-state index is 11.7. The van der Waals surface area contributed by atoms with Crippen LogP contribution in [0.4, 0.5) is 10.5 Å². The van der Waals surface area contributed by atoms with E-state index in [1.165, 1.54) is 44.1 Å². The van der Waals surface area contributed by atoms with Crippen molar-refractivity contribution in [1.29, 1.82) is 0 Å². The summed E-state index contributed by atoms with van der Waals surface area (Å²) in [7, 11) is 0. The molecule has 0 radical (unpaired) electrons. The fourth-order valence-corrected chi connectivity index (χ4v) is 2.19. The number of urea groups is 1. The molecule has 1 fully saturated rings. The van der Waals surface area contributed by atoms with Crippen LogP contribution < -0.4 is 15.5 Å². The molecule has 0 atom stereocenters. The lowest BCUT2D eigenvalue weighted by Crippen LogP contribution is -2.38. The highest BCUT2D eigenvalue weighted by Crippen LogP contribution is 2.17. The first kappa shape index (κ1) is 12.6. The van der Waals surface area contributed by atoms with Gasteiger partial charge in [-0.1, -0.05) is 30.5 Å². The highest BCUT2D eigenvalue weighted by atomic mass is 16.5. The van der Waals surface area contributed by atoms with Crippen LogP contribution in [0.2, 0.25) is 0 Å². The summed E-state index contributed by atoms with van der Waals surface area (Å²) < 4.78 is 0. The minimum atomic E-state index is -0.229. The van der Waals surface area contributed by atoms with Crippen molar-refractivity contribution < 1.29 is 9.64 Å². The monoisotopic (exact) mass is 250 g/mol. The number of nitrogens with one attached hydrogen (secondary N) is 2. The molecule has 0 aromatic carbocycles. The normalized spacial score (nSPS) is 16.9. The quantitative estimate of drug-likeness (QED) is 0.475. The van der Waals surface area contributed by atoms with Crippen molar-refractivity contribution >= 4 is 11.7 Å². The molecular weight excluding hydrogens is 232 g/mol. The van der Waals surface area contributed by atoms with Crippen LogP contribution in [0, 0.1) is 5.21 Å². The van der Waals surface area contributed by atoms with Gasteiger partial charge in [0.2, 0.25) is 6.20 Å². The molecule has 1 saturated carbocycles. The highest BCUT2D eigenvalue weighted by Gasteiger charge is 2.14. The SMILES string of the molecule is O=C(Nc1cc[n+]([O-])nc1)NC1CCCCCC1. The van der Waals surface area contributed by atoms with Gasteiger partial charge in [0, 0.05) is 17.2 Å². The Kier molecular flexibility index (Phi) is 4.33. The molecule has 1 aromatic rings. The molecule has 0 bridgehead atoms. The third-order valence-corrected chi connectivity index (χ3v) is 3.14. The second kappa shape index (κ2) is 6.18. The zero-order valence-corrected chi connectivity index (χ0v) is 10.3. The van der Waals surface area contributed by atoms with Gasteiger partial charge in [0.25, 0.3) is 0 Å². The van der Waals surface area contributed by atoms with Gasteiger partial charge in [-0.2, -0.15) is 0 Å². The van der Waals surface area contributed by atoms with E-state index in [2.05, 4.69) is 15.7 Å². The number of hydrogen-bond donors (Lipinski definition) is 2. The zero-order chi connectivity index (χ0) is 12.8. The van der Waals surface area contributed by atoms with Gasteiger partial charge in [-0.15, -0.1) is 0 Å². The summed E-state index contributed by atoms with van der Waals surface area (Å²) in [6.07, 6.45) is 9.53. The number of nitrogens with zero attached hydrogens (tertiary/aromatic N) is 2. The average Bonchev–Trinajstić information content (AvgIpc) is 2.61. The number of carbonyl (C=O) groups excluding carboxylic acids is 1. The van der Waals surface area contributed by atoms with Gasteiger partial charge in [0.1, 0.15) is 6.20 Å². The topological polar surface area (TPSA) is 81.0 Å². The van der Waals surface area contributed by atoms with Crippen molar-refractivity contribution in [1.82, 2.24) is 10.4 Å². The van der Waals surface area contributed by atoms with Crippen LogP contribution >= 0.6 is 0 Å². The molecule has 1 aliphatic rings. The molecule has 0 unspecified atom stereocenters. The van der Waals surface area contributed by atoms with Crippen LogP contribution in [0.5, 0.6) is 0 Å². The fraction of sp³-hybridized carbons (Fsp3) is 0.583. The van der Waals surface area contributed by atoms with E-state index < -0.39 is 0 Å². The molecule has 2 N–H and O–H groups in total. The van der Waals surface area contributed by atoms with E-state index in [0.717, 1.165) is 12.8 Å². The maximum atomic E-state index is 11.7. The third-order valence-electron chi connectivity index (χ3n) is 3.14. The van der Waals surface area contributed by atoms with E-state index in [-0.39, 0.29) is 12.1 Å². The number of carbonyl (C=O) groups is 1. The van der Waals surface area contributed by atoms with Gasteiger partial charge in [-0.25, -0.2) is 4.79 Å². The number of anilines is 1. The molecule has 1 aromatic heterocycles. The first-order valence-electron chi connectivity index (χ1n) is 6.37. The van der Waals surface area contributed by atoms with Crippen molar-refractivity contribution in [3.05, 3.63) is 23.7 Å². The molecular formula is C12H18N4O2. The summed E-state index contributed by atoms with van der Waals surface area (Å²) in [6.45, 7) is 0. The molecule has 6 nitrogen and oxygen atoms in total. The predicted molar refractivity (Wildman–Crippen MR) is 66.8 cm³/mol. The standard InChI is InChI=1S/C12H18N4O2/c17-12(14-10-5-3-1-2-4-6-10)15-11-7-8-16(18)13-9-11/h7-10H,1-6H2,(H2,14,15,17). The molecule has 18 heavy (non-hydrogen) atoms. The molecule has 1 heterocycles. The molecule has 98 valence electrons. The van der Waals surface area contributed by atoms with Crippen molar-refractivity contribution in [3.8, 4) is 0 Å². The molecule has 0 saturated heterocycles. The van der Waals surface area contributed by atoms with Crippen LogP contribution in [-0.2, 0) is 0 Å². The Morgan fingerprint density at radius 3 is 2.67 bits per heavy atom. The van der Waals surface area contributed by atoms with Gasteiger partial charge in [0.05, 0.1) is 5.69 Å². The molecule has 0 aliphatic heterocycles. The molecule has 6 heteroatoms. The summed E-state index contributed by atoms with van der Waals surface area (Å²) in [5.41, 5.74) is 0.522. The van der Waals surface area contributed by atoms with E-state index in [4.69, 9.17) is 0 Å². The number of hydrogen-bond acceptors (Lipinski definition) is 3. The first-order valence-corrected chi connectivity index (χ1v) is 6.37. The lowest BCUT2D eigenvalue weighted by molar-refractivity contribution is -0.669. The van der Waals surface area contributed by atoms with Gasteiger partial charge in [0.15, 0.2) is 0 Å². The summed E-state index contributed by atoms with van der Waals surface area (Å²) >= 11 is 0. The fourth-order valence-electron chi connectivity index (χ4n) is 2.19. The highest BCUT2D eigenvalue weighted by molar-refractivity contribution is 5.89. The maximum Gasteiger partial charge on any atom is 0.319 e. The minimum absolute atomic E-state index is 0.229. The van der Waals surface area contributed by atoms with Crippen molar-refractivity contribution in [2.75, 3.05) is 5.32 Å². The van der Waals surface area contributed by atoms with Gasteiger partial charge >= 0.3 is 6.03 Å². The number of rotatable bonds is 2. The van der Waals surface area contributed by atoms with Gasteiger partial charge < -0.3 is 15.8 Å². The predicted octanol–water partition coefficient (Wildman–Crippen LogP) is 1.56. The summed E-state index contributed by atoms with van der Waals surface area (Å²) in [5.74, 6) is 0. The van der Waals surface area contributed by atoms with Crippen LogP contribution in [0.25, 0.3) is 0 Å². The second-order valence-electron chi connectivity index (χ2n) is 4.61. The van der Waals surface area contributed by atoms with Crippen molar-refractivity contribution in [2.24, 2.45) is 0 Å². The minimum Gasteiger partial charge on any atom is -0.594 e. The van der Waals surface area contributed by atoms with Crippen LogP contribution in [0.15, 0.2) is 18.5 Å². The largest absolute Gasteiger partial charge is 0.594 e. The molecule has 1 aliphatic carbocycles. The number of aromatic nitrogens is 2. The summed E-state index contributed by atoms with van der Waals surface area (Å²) in [4.78, 5) is 12.2. The van der Waals surface area contributed by atoms with E-state index in [1.54, 1.807) is 0 Å². The van der Waals surface area contributed by atoms with Gasteiger partial charge in [-0.05, 0) is 12.8 Å². The Morgan fingerprint density at radius 1 is 1.33 bits per heavy atom. The Labute approximate surface area is 106 Å². The summed E-state index contributed by atoms with van der Waals surface area (Å²) in [6, 6.07) is 1.55. The van der Waals surface area contributed by atoms with Crippen molar-refractivity contribution in [2.45, 2.75) is 44.6 Å². The van der Waals surface area contributed by atoms with E-state index >= 15 is 0 Å². The van der Waals surface area contributed by atoms with Crippen LogP contribution in [0.3, 0.4) is 0 Å². The van der Waals surface area contributed by atoms with Crippen LogP contribution in [-0.4, -0.2) is 17.2 Å². The second-order valence-corrected chi connectivity index (χ2v) is 4.61. The smallest absolute Gasteiger partial charge is 0.319 e. The van der Waals surface area contributed by atoms with E-state index in [1.807, 2.05) is 0 Å². The Morgan fingerprint density at radius 2 is 2.06 bits per heavy atom. The van der Waals surface area contributed by atoms with Crippen molar-refractivity contribution in [3.63, 3.8) is 0 Å². The molecule has 2 amide bonds. The lowest BCUT2D eigenvalue weighted by Gasteiger charge is -2.16. The van der Waals surface area contributed by atoms with Crippen LogP contribution in [0.1, 0.15) is 38.5 Å². The van der Waals surface area contributed by atoms with Gasteiger partial charge in [-0.3, -0.25) is 0 Å². The first-order chi connectivity index (χ1) is 8.74. The Hall–Kier alpha value is -1.85. The summed E-state index contributed by atoms with van der Waals surface area (Å²) in [5, 5.41) is 19.9. The molecule has 0 spiro atoms. The Bertz CT molecular complexity index is 386. The Balaban J connectivity index is 1.82. The lowest BCUT2D eigenvalue weighted by atomic mass is 10.1. The third kappa shape index (κ3) is 3.87.